The van der Waals surface area contributed by atoms with E-state index in [1.807, 2.05) is 19.1 Å². The molecule has 1 heterocycles. The van der Waals surface area contributed by atoms with Crippen molar-refractivity contribution >= 4 is 17.4 Å². The fraction of sp³-hybridized carbons (Fsp3) is 0.583. The Kier molecular flexibility index (Phi) is 6.93. The Morgan fingerprint density at radius 3 is 2.88 bits per heavy atom. The van der Waals surface area contributed by atoms with Crippen molar-refractivity contribution in [1.29, 1.82) is 0 Å². The summed E-state index contributed by atoms with van der Waals surface area (Å²) in [7, 11) is 1.68. The van der Waals surface area contributed by atoms with Crippen LogP contribution in [0.5, 0.6) is 0 Å². The minimum absolute atomic E-state index is 0.432. The van der Waals surface area contributed by atoms with Gasteiger partial charge in [0.25, 0.3) is 0 Å². The molecule has 0 aliphatic rings. The number of ether oxygens (including phenoxy) is 2. The lowest BCUT2D eigenvalue weighted by Gasteiger charge is -2.08. The van der Waals surface area contributed by atoms with Gasteiger partial charge in [-0.3, -0.25) is 0 Å². The lowest BCUT2D eigenvalue weighted by molar-refractivity contribution is 0.0911. The molecular formula is C12H19ClN2O2. The number of nitrogens with zero attached hydrogens (tertiary/aromatic N) is 1. The van der Waals surface area contributed by atoms with E-state index in [-0.39, 0.29) is 0 Å². The SMILES string of the molecule is CCNc1ccc(Cl)c(COCCCOC)n1. The van der Waals surface area contributed by atoms with E-state index in [4.69, 9.17) is 21.1 Å². The Balaban J connectivity index is 2.42. The van der Waals surface area contributed by atoms with E-state index in [9.17, 15) is 0 Å². The first-order valence-electron chi connectivity index (χ1n) is 5.74. The summed E-state index contributed by atoms with van der Waals surface area (Å²) in [6.45, 7) is 4.65. The van der Waals surface area contributed by atoms with Crippen LogP contribution >= 0.6 is 11.6 Å². The summed E-state index contributed by atoms with van der Waals surface area (Å²) in [5.74, 6) is 0.826. The topological polar surface area (TPSA) is 43.4 Å². The molecule has 96 valence electrons. The zero-order valence-corrected chi connectivity index (χ0v) is 11.1. The summed E-state index contributed by atoms with van der Waals surface area (Å²) in [4.78, 5) is 4.38. The van der Waals surface area contributed by atoms with Gasteiger partial charge in [-0.05, 0) is 25.5 Å². The zero-order valence-electron chi connectivity index (χ0n) is 10.3. The Morgan fingerprint density at radius 1 is 1.35 bits per heavy atom. The van der Waals surface area contributed by atoms with Gasteiger partial charge in [0.15, 0.2) is 0 Å². The number of aromatic nitrogens is 1. The first-order chi connectivity index (χ1) is 8.27. The molecule has 0 aliphatic carbocycles. The second-order valence-corrected chi connectivity index (χ2v) is 3.96. The number of hydrogen-bond donors (Lipinski definition) is 1. The predicted molar refractivity (Wildman–Crippen MR) is 69.6 cm³/mol. The molecule has 5 heteroatoms. The highest BCUT2D eigenvalue weighted by Gasteiger charge is 2.03. The summed E-state index contributed by atoms with van der Waals surface area (Å²) in [6.07, 6.45) is 0.876. The molecule has 0 spiro atoms. The average molecular weight is 259 g/mol. The molecule has 1 aromatic heterocycles. The zero-order chi connectivity index (χ0) is 12.5. The molecular weight excluding hydrogens is 240 g/mol. The summed E-state index contributed by atoms with van der Waals surface area (Å²) in [5.41, 5.74) is 0.766. The van der Waals surface area contributed by atoms with Crippen LogP contribution in [0.2, 0.25) is 5.02 Å². The third-order valence-electron chi connectivity index (χ3n) is 2.15. The Labute approximate surface area is 107 Å². The largest absolute Gasteiger partial charge is 0.385 e. The van der Waals surface area contributed by atoms with E-state index in [2.05, 4.69) is 10.3 Å². The van der Waals surface area contributed by atoms with Crippen molar-refractivity contribution in [2.24, 2.45) is 0 Å². The minimum atomic E-state index is 0.432. The van der Waals surface area contributed by atoms with Gasteiger partial charge in [-0.2, -0.15) is 0 Å². The molecule has 0 aliphatic heterocycles. The van der Waals surface area contributed by atoms with Crippen LogP contribution in [0.1, 0.15) is 19.0 Å². The highest BCUT2D eigenvalue weighted by Crippen LogP contribution is 2.17. The van der Waals surface area contributed by atoms with Gasteiger partial charge < -0.3 is 14.8 Å². The van der Waals surface area contributed by atoms with Crippen LogP contribution in [0.25, 0.3) is 0 Å². The fourth-order valence-corrected chi connectivity index (χ4v) is 1.50. The highest BCUT2D eigenvalue weighted by molar-refractivity contribution is 6.31. The molecule has 0 amide bonds. The normalized spacial score (nSPS) is 10.5. The minimum Gasteiger partial charge on any atom is -0.385 e. The molecule has 0 saturated heterocycles. The summed E-state index contributed by atoms with van der Waals surface area (Å²) in [5, 5.41) is 3.78. The summed E-state index contributed by atoms with van der Waals surface area (Å²) >= 11 is 6.04. The molecule has 1 aromatic rings. The van der Waals surface area contributed by atoms with Gasteiger partial charge in [0.1, 0.15) is 5.82 Å². The maximum Gasteiger partial charge on any atom is 0.126 e. The lowest BCUT2D eigenvalue weighted by Crippen LogP contribution is -2.04. The van der Waals surface area contributed by atoms with Crippen molar-refractivity contribution in [1.82, 2.24) is 4.98 Å². The van der Waals surface area contributed by atoms with Crippen LogP contribution in [-0.2, 0) is 16.1 Å². The molecule has 0 fully saturated rings. The molecule has 0 aromatic carbocycles. The number of methoxy groups -OCH3 is 1. The smallest absolute Gasteiger partial charge is 0.126 e. The number of halogens is 1. The predicted octanol–water partition coefficient (Wildman–Crippen LogP) is 2.72. The van der Waals surface area contributed by atoms with Crippen LogP contribution in [0, 0.1) is 0 Å². The van der Waals surface area contributed by atoms with E-state index >= 15 is 0 Å². The van der Waals surface area contributed by atoms with Crippen molar-refractivity contribution in [3.8, 4) is 0 Å². The summed E-state index contributed by atoms with van der Waals surface area (Å²) in [6, 6.07) is 3.70. The Morgan fingerprint density at radius 2 is 2.18 bits per heavy atom. The van der Waals surface area contributed by atoms with Gasteiger partial charge in [0.05, 0.1) is 17.3 Å². The number of rotatable bonds is 8. The van der Waals surface area contributed by atoms with E-state index in [1.54, 1.807) is 7.11 Å². The van der Waals surface area contributed by atoms with E-state index < -0.39 is 0 Å². The molecule has 17 heavy (non-hydrogen) atoms. The first-order valence-corrected chi connectivity index (χ1v) is 6.11. The molecule has 0 saturated carbocycles. The Hall–Kier alpha value is -0.840. The van der Waals surface area contributed by atoms with Gasteiger partial charge >= 0.3 is 0 Å². The third kappa shape index (κ3) is 5.35. The highest BCUT2D eigenvalue weighted by atomic mass is 35.5. The van der Waals surface area contributed by atoms with Crippen molar-refractivity contribution in [2.75, 3.05) is 32.2 Å². The van der Waals surface area contributed by atoms with Crippen molar-refractivity contribution < 1.29 is 9.47 Å². The van der Waals surface area contributed by atoms with E-state index in [0.717, 1.165) is 24.5 Å². The van der Waals surface area contributed by atoms with Crippen molar-refractivity contribution in [2.45, 2.75) is 20.0 Å². The van der Waals surface area contributed by atoms with Gasteiger partial charge in [0.2, 0.25) is 0 Å². The van der Waals surface area contributed by atoms with Gasteiger partial charge in [-0.15, -0.1) is 0 Å². The Bertz CT molecular complexity index is 334. The second-order valence-electron chi connectivity index (χ2n) is 3.55. The number of nitrogens with one attached hydrogen (secondary N) is 1. The molecule has 1 rings (SSSR count). The first kappa shape index (κ1) is 14.2. The van der Waals surface area contributed by atoms with Crippen LogP contribution in [0.4, 0.5) is 5.82 Å². The van der Waals surface area contributed by atoms with Crippen LogP contribution in [0.15, 0.2) is 12.1 Å². The maximum absolute atomic E-state index is 6.04. The number of hydrogen-bond acceptors (Lipinski definition) is 4. The third-order valence-corrected chi connectivity index (χ3v) is 2.50. The molecule has 0 atom stereocenters. The van der Waals surface area contributed by atoms with E-state index in [1.165, 1.54) is 0 Å². The second kappa shape index (κ2) is 8.28. The van der Waals surface area contributed by atoms with E-state index in [0.29, 0.717) is 24.8 Å². The van der Waals surface area contributed by atoms with Crippen LogP contribution in [-0.4, -0.2) is 31.9 Å². The quantitative estimate of drug-likeness (QED) is 0.728. The van der Waals surface area contributed by atoms with Gasteiger partial charge in [-0.1, -0.05) is 11.6 Å². The number of pyridine rings is 1. The fourth-order valence-electron chi connectivity index (χ4n) is 1.34. The van der Waals surface area contributed by atoms with Crippen molar-refractivity contribution in [3.63, 3.8) is 0 Å². The molecule has 0 radical (unpaired) electrons. The molecule has 0 bridgehead atoms. The van der Waals surface area contributed by atoms with Crippen LogP contribution < -0.4 is 5.32 Å². The van der Waals surface area contributed by atoms with Crippen LogP contribution in [0.3, 0.4) is 0 Å². The number of anilines is 1. The molecule has 1 N–H and O–H groups in total. The monoisotopic (exact) mass is 258 g/mol. The molecule has 0 unspecified atom stereocenters. The molecule has 4 nitrogen and oxygen atoms in total. The lowest BCUT2D eigenvalue weighted by atomic mass is 10.3. The van der Waals surface area contributed by atoms with Gasteiger partial charge in [0, 0.05) is 26.9 Å². The summed E-state index contributed by atoms with van der Waals surface area (Å²) < 4.78 is 10.4. The maximum atomic E-state index is 6.04. The average Bonchev–Trinajstić information content (AvgIpc) is 2.33. The van der Waals surface area contributed by atoms with Crippen molar-refractivity contribution in [3.05, 3.63) is 22.8 Å². The van der Waals surface area contributed by atoms with Gasteiger partial charge in [-0.25, -0.2) is 4.98 Å². The standard InChI is InChI=1S/C12H19ClN2O2/c1-3-14-12-6-5-10(13)11(15-12)9-17-8-4-7-16-2/h5-6H,3-4,7-9H2,1-2H3,(H,14,15).